The van der Waals surface area contributed by atoms with Crippen molar-refractivity contribution < 1.29 is 0 Å². The summed E-state index contributed by atoms with van der Waals surface area (Å²) in [5.74, 6) is 0.965. The number of nitrogens with zero attached hydrogens (tertiary/aromatic N) is 2. The van der Waals surface area contributed by atoms with E-state index in [-0.39, 0.29) is 0 Å². The second-order valence-electron chi connectivity index (χ2n) is 4.49. The van der Waals surface area contributed by atoms with E-state index < -0.39 is 0 Å². The number of imidazole rings is 1. The molecule has 0 N–H and O–H groups in total. The van der Waals surface area contributed by atoms with Crippen molar-refractivity contribution in [3.8, 4) is 11.4 Å². The van der Waals surface area contributed by atoms with E-state index in [1.165, 1.54) is 5.56 Å². The predicted molar refractivity (Wildman–Crippen MR) is 75.9 cm³/mol. The SMILES string of the molecule is Cc1ccc2c(c1)nc(-c1ccc(Cl)cc1)n2C. The Morgan fingerprint density at radius 1 is 1.06 bits per heavy atom. The molecular weight excluding hydrogens is 244 g/mol. The summed E-state index contributed by atoms with van der Waals surface area (Å²) in [4.78, 5) is 4.69. The topological polar surface area (TPSA) is 17.8 Å². The first kappa shape index (κ1) is 11.3. The molecule has 1 heterocycles. The summed E-state index contributed by atoms with van der Waals surface area (Å²) >= 11 is 5.91. The van der Waals surface area contributed by atoms with Gasteiger partial charge in [-0.15, -0.1) is 0 Å². The van der Waals surface area contributed by atoms with Gasteiger partial charge in [0.25, 0.3) is 0 Å². The first-order valence-corrected chi connectivity index (χ1v) is 6.22. The van der Waals surface area contributed by atoms with Crippen molar-refractivity contribution in [2.75, 3.05) is 0 Å². The van der Waals surface area contributed by atoms with E-state index in [0.717, 1.165) is 27.4 Å². The maximum absolute atomic E-state index is 5.91. The fourth-order valence-electron chi connectivity index (χ4n) is 2.17. The van der Waals surface area contributed by atoms with Crippen LogP contribution in [0.2, 0.25) is 5.02 Å². The van der Waals surface area contributed by atoms with E-state index in [9.17, 15) is 0 Å². The molecule has 0 saturated heterocycles. The smallest absolute Gasteiger partial charge is 0.140 e. The van der Waals surface area contributed by atoms with Gasteiger partial charge in [0.05, 0.1) is 11.0 Å². The van der Waals surface area contributed by atoms with Crippen LogP contribution < -0.4 is 0 Å². The van der Waals surface area contributed by atoms with Crippen LogP contribution in [0.1, 0.15) is 5.56 Å². The normalized spacial score (nSPS) is 11.1. The van der Waals surface area contributed by atoms with Crippen LogP contribution in [0.3, 0.4) is 0 Å². The number of rotatable bonds is 1. The van der Waals surface area contributed by atoms with Gasteiger partial charge in [-0.25, -0.2) is 4.98 Å². The molecule has 90 valence electrons. The summed E-state index contributed by atoms with van der Waals surface area (Å²) in [6.07, 6.45) is 0. The Balaban J connectivity index is 2.23. The van der Waals surface area contributed by atoms with Crippen LogP contribution in [-0.2, 0) is 7.05 Å². The molecule has 0 unspecified atom stereocenters. The molecule has 0 aliphatic heterocycles. The minimum Gasteiger partial charge on any atom is -0.327 e. The molecule has 0 spiro atoms. The van der Waals surface area contributed by atoms with Crippen LogP contribution in [0.25, 0.3) is 22.4 Å². The minimum atomic E-state index is 0.744. The molecule has 1 aromatic heterocycles. The Labute approximate surface area is 111 Å². The number of aromatic nitrogens is 2. The number of halogens is 1. The minimum absolute atomic E-state index is 0.744. The third-order valence-corrected chi connectivity index (χ3v) is 3.39. The van der Waals surface area contributed by atoms with Crippen LogP contribution in [0.5, 0.6) is 0 Å². The van der Waals surface area contributed by atoms with Gasteiger partial charge in [0.15, 0.2) is 0 Å². The van der Waals surface area contributed by atoms with E-state index in [2.05, 4.69) is 29.7 Å². The lowest BCUT2D eigenvalue weighted by atomic mass is 10.2. The zero-order valence-electron chi connectivity index (χ0n) is 10.3. The molecule has 0 aliphatic rings. The summed E-state index contributed by atoms with van der Waals surface area (Å²) in [6, 6.07) is 14.1. The van der Waals surface area contributed by atoms with Crippen LogP contribution >= 0.6 is 11.6 Å². The second-order valence-corrected chi connectivity index (χ2v) is 4.93. The van der Waals surface area contributed by atoms with Gasteiger partial charge in [-0.1, -0.05) is 17.7 Å². The molecule has 0 amide bonds. The number of hydrogen-bond acceptors (Lipinski definition) is 1. The number of aryl methyl sites for hydroxylation is 2. The summed E-state index contributed by atoms with van der Waals surface area (Å²) in [6.45, 7) is 2.08. The Hall–Kier alpha value is -1.80. The van der Waals surface area contributed by atoms with Crippen LogP contribution in [0.4, 0.5) is 0 Å². The molecule has 3 heteroatoms. The first-order chi connectivity index (χ1) is 8.65. The van der Waals surface area contributed by atoms with E-state index in [1.54, 1.807) is 0 Å². The number of benzene rings is 2. The molecule has 2 aromatic carbocycles. The highest BCUT2D eigenvalue weighted by Crippen LogP contribution is 2.25. The standard InChI is InChI=1S/C15H13ClN2/c1-10-3-8-14-13(9-10)17-15(18(14)2)11-4-6-12(16)7-5-11/h3-9H,1-2H3. The number of hydrogen-bond donors (Lipinski definition) is 0. The lowest BCUT2D eigenvalue weighted by Crippen LogP contribution is -1.91. The molecule has 0 aliphatic carbocycles. The summed E-state index contributed by atoms with van der Waals surface area (Å²) < 4.78 is 2.11. The summed E-state index contributed by atoms with van der Waals surface area (Å²) in [7, 11) is 2.04. The zero-order chi connectivity index (χ0) is 12.7. The zero-order valence-corrected chi connectivity index (χ0v) is 11.1. The van der Waals surface area contributed by atoms with Gasteiger partial charge in [0, 0.05) is 17.6 Å². The maximum Gasteiger partial charge on any atom is 0.140 e. The third-order valence-electron chi connectivity index (χ3n) is 3.14. The summed E-state index contributed by atoms with van der Waals surface area (Å²) in [5.41, 5.74) is 4.48. The van der Waals surface area contributed by atoms with Crippen molar-refractivity contribution in [2.45, 2.75) is 6.92 Å². The van der Waals surface area contributed by atoms with Crippen molar-refractivity contribution in [3.05, 3.63) is 53.1 Å². The van der Waals surface area contributed by atoms with Gasteiger partial charge in [-0.3, -0.25) is 0 Å². The average Bonchev–Trinajstić information content (AvgIpc) is 2.67. The highest BCUT2D eigenvalue weighted by Gasteiger charge is 2.09. The Morgan fingerprint density at radius 3 is 2.50 bits per heavy atom. The Kier molecular flexibility index (Phi) is 2.60. The van der Waals surface area contributed by atoms with Crippen molar-refractivity contribution in [2.24, 2.45) is 7.05 Å². The van der Waals surface area contributed by atoms with Gasteiger partial charge in [0.1, 0.15) is 5.82 Å². The second kappa shape index (κ2) is 4.14. The fourth-order valence-corrected chi connectivity index (χ4v) is 2.29. The van der Waals surface area contributed by atoms with Crippen molar-refractivity contribution in [1.82, 2.24) is 9.55 Å². The van der Waals surface area contributed by atoms with Gasteiger partial charge in [-0.2, -0.15) is 0 Å². The lowest BCUT2D eigenvalue weighted by Gasteiger charge is -2.02. The van der Waals surface area contributed by atoms with E-state index in [0.29, 0.717) is 0 Å². The van der Waals surface area contributed by atoms with Crippen molar-refractivity contribution >= 4 is 22.6 Å². The molecular formula is C15H13ClN2. The van der Waals surface area contributed by atoms with Crippen LogP contribution in [0.15, 0.2) is 42.5 Å². The monoisotopic (exact) mass is 256 g/mol. The third kappa shape index (κ3) is 1.79. The molecule has 18 heavy (non-hydrogen) atoms. The van der Waals surface area contributed by atoms with Gasteiger partial charge >= 0.3 is 0 Å². The molecule has 0 saturated carbocycles. The van der Waals surface area contributed by atoms with Crippen LogP contribution in [-0.4, -0.2) is 9.55 Å². The average molecular weight is 257 g/mol. The highest BCUT2D eigenvalue weighted by molar-refractivity contribution is 6.30. The summed E-state index contributed by atoms with van der Waals surface area (Å²) in [5, 5.41) is 0.744. The highest BCUT2D eigenvalue weighted by atomic mass is 35.5. The molecule has 0 fully saturated rings. The fraction of sp³-hybridized carbons (Fsp3) is 0.133. The quantitative estimate of drug-likeness (QED) is 0.638. The largest absolute Gasteiger partial charge is 0.327 e. The number of fused-ring (bicyclic) bond motifs is 1. The lowest BCUT2D eigenvalue weighted by molar-refractivity contribution is 0.959. The molecule has 0 bridgehead atoms. The van der Waals surface area contributed by atoms with Crippen molar-refractivity contribution in [1.29, 1.82) is 0 Å². The molecule has 2 nitrogen and oxygen atoms in total. The molecule has 3 aromatic rings. The Morgan fingerprint density at radius 2 is 1.78 bits per heavy atom. The first-order valence-electron chi connectivity index (χ1n) is 5.84. The van der Waals surface area contributed by atoms with Gasteiger partial charge in [-0.05, 0) is 48.9 Å². The maximum atomic E-state index is 5.91. The van der Waals surface area contributed by atoms with E-state index in [4.69, 9.17) is 16.6 Å². The van der Waals surface area contributed by atoms with Crippen LogP contribution in [0, 0.1) is 6.92 Å². The molecule has 3 rings (SSSR count). The van der Waals surface area contributed by atoms with Gasteiger partial charge < -0.3 is 4.57 Å². The Bertz CT molecular complexity index is 711. The van der Waals surface area contributed by atoms with Gasteiger partial charge in [0.2, 0.25) is 0 Å². The van der Waals surface area contributed by atoms with E-state index in [1.807, 2.05) is 31.3 Å². The predicted octanol–water partition coefficient (Wildman–Crippen LogP) is 4.20. The van der Waals surface area contributed by atoms with Crippen molar-refractivity contribution in [3.63, 3.8) is 0 Å². The molecule has 0 atom stereocenters. The molecule has 0 radical (unpaired) electrons. The van der Waals surface area contributed by atoms with E-state index >= 15 is 0 Å².